The first-order valence-corrected chi connectivity index (χ1v) is 12.0. The van der Waals surface area contributed by atoms with Crippen LogP contribution in [0.1, 0.15) is 36.9 Å². The molecule has 8 nitrogen and oxygen atoms in total. The number of hydrogen-bond acceptors (Lipinski definition) is 7. The number of rotatable bonds is 6. The minimum Gasteiger partial charge on any atom is -0.508 e. The van der Waals surface area contributed by atoms with Crippen molar-refractivity contribution in [3.63, 3.8) is 0 Å². The van der Waals surface area contributed by atoms with Crippen LogP contribution in [0, 0.1) is 6.92 Å². The average molecular weight is 456 g/mol. The van der Waals surface area contributed by atoms with Crippen LogP contribution >= 0.6 is 0 Å². The van der Waals surface area contributed by atoms with Gasteiger partial charge in [0.25, 0.3) is 0 Å². The van der Waals surface area contributed by atoms with Crippen molar-refractivity contribution in [2.45, 2.75) is 57.3 Å². The molecule has 0 saturated carbocycles. The first-order valence-electron chi connectivity index (χ1n) is 12.0. The van der Waals surface area contributed by atoms with E-state index >= 15 is 0 Å². The highest BCUT2D eigenvalue weighted by molar-refractivity contribution is 5.91. The maximum atomic E-state index is 9.85. The Morgan fingerprint density at radius 2 is 1.91 bits per heavy atom. The van der Waals surface area contributed by atoms with Crippen LogP contribution < -0.4 is 10.6 Å². The highest BCUT2D eigenvalue weighted by Gasteiger charge is 2.40. The fourth-order valence-corrected chi connectivity index (χ4v) is 5.57. The Hall–Kier alpha value is -3.65. The number of aromatic hydroxyl groups is 1. The van der Waals surface area contributed by atoms with E-state index in [9.17, 15) is 5.11 Å². The number of anilines is 3. The number of benzene rings is 1. The fourth-order valence-electron chi connectivity index (χ4n) is 5.57. The van der Waals surface area contributed by atoms with Gasteiger partial charge in [-0.1, -0.05) is 12.1 Å². The van der Waals surface area contributed by atoms with Crippen molar-refractivity contribution in [2.75, 3.05) is 10.6 Å². The van der Waals surface area contributed by atoms with Crippen LogP contribution in [0.15, 0.2) is 54.7 Å². The Morgan fingerprint density at radius 3 is 2.68 bits per heavy atom. The van der Waals surface area contributed by atoms with E-state index in [2.05, 4.69) is 42.8 Å². The summed E-state index contributed by atoms with van der Waals surface area (Å²) in [5.41, 5.74) is 3.07. The molecule has 0 aliphatic carbocycles. The number of H-pyrrole nitrogens is 1. The molecule has 8 heteroatoms. The number of aryl methyl sites for hydroxylation is 1. The SMILES string of the molecule is Cc1cc(Nc2cc3ncccc3c(NC3C[C@H]4CC[C@@H](C3)N4Cc3cccc(O)c3)n2)n[nH]1. The number of aromatic amines is 1. The van der Waals surface area contributed by atoms with Crippen molar-refractivity contribution in [1.82, 2.24) is 25.1 Å². The highest BCUT2D eigenvalue weighted by Crippen LogP contribution is 2.38. The molecule has 2 aliphatic rings. The number of pyridine rings is 2. The first kappa shape index (κ1) is 20.9. The zero-order valence-electron chi connectivity index (χ0n) is 19.2. The minimum atomic E-state index is 0.339. The van der Waals surface area contributed by atoms with Gasteiger partial charge in [0.2, 0.25) is 0 Å². The van der Waals surface area contributed by atoms with E-state index in [1.807, 2.05) is 43.5 Å². The summed E-state index contributed by atoms with van der Waals surface area (Å²) in [4.78, 5) is 12.1. The molecule has 3 aromatic heterocycles. The van der Waals surface area contributed by atoms with Crippen molar-refractivity contribution in [3.05, 3.63) is 66.0 Å². The van der Waals surface area contributed by atoms with Gasteiger partial charge in [0.05, 0.1) is 5.52 Å². The van der Waals surface area contributed by atoms with Crippen molar-refractivity contribution in [1.29, 1.82) is 0 Å². The summed E-state index contributed by atoms with van der Waals surface area (Å²) in [6, 6.07) is 17.0. The first-order chi connectivity index (χ1) is 16.6. The van der Waals surface area contributed by atoms with Crippen molar-refractivity contribution in [2.24, 2.45) is 0 Å². The summed E-state index contributed by atoms with van der Waals surface area (Å²) in [7, 11) is 0. The van der Waals surface area contributed by atoms with Gasteiger partial charge in [-0.25, -0.2) is 4.98 Å². The fraction of sp³-hybridized carbons (Fsp3) is 0.346. The highest BCUT2D eigenvalue weighted by atomic mass is 16.3. The molecule has 1 unspecified atom stereocenters. The lowest BCUT2D eigenvalue weighted by Crippen LogP contribution is -2.46. The number of fused-ring (bicyclic) bond motifs is 3. The molecule has 0 spiro atoms. The van der Waals surface area contributed by atoms with Crippen molar-refractivity contribution >= 4 is 28.4 Å². The number of nitrogens with zero attached hydrogens (tertiary/aromatic N) is 4. The molecular weight excluding hydrogens is 426 g/mol. The zero-order valence-corrected chi connectivity index (χ0v) is 19.2. The number of phenols is 1. The number of hydrogen-bond donors (Lipinski definition) is 4. The number of nitrogens with one attached hydrogen (secondary N) is 3. The van der Waals surface area contributed by atoms with Crippen LogP contribution in [-0.2, 0) is 6.54 Å². The van der Waals surface area contributed by atoms with Gasteiger partial charge in [-0.05, 0) is 62.4 Å². The zero-order chi connectivity index (χ0) is 23.1. The number of piperidine rings is 1. The van der Waals surface area contributed by atoms with Gasteiger partial charge in [-0.2, -0.15) is 5.10 Å². The molecule has 174 valence electrons. The summed E-state index contributed by atoms with van der Waals surface area (Å²) in [5, 5.41) is 25.2. The van der Waals surface area contributed by atoms with E-state index in [-0.39, 0.29) is 0 Å². The lowest BCUT2D eigenvalue weighted by molar-refractivity contribution is 0.124. The largest absolute Gasteiger partial charge is 0.508 e. The second-order valence-electron chi connectivity index (χ2n) is 9.53. The smallest absolute Gasteiger partial charge is 0.153 e. The van der Waals surface area contributed by atoms with E-state index in [1.54, 1.807) is 6.07 Å². The molecule has 2 fully saturated rings. The van der Waals surface area contributed by atoms with E-state index in [0.29, 0.717) is 23.9 Å². The van der Waals surface area contributed by atoms with Crippen LogP contribution in [0.5, 0.6) is 5.75 Å². The molecule has 2 bridgehead atoms. The Labute approximate surface area is 198 Å². The normalized spacial score (nSPS) is 22.2. The summed E-state index contributed by atoms with van der Waals surface area (Å²) in [5.74, 6) is 2.67. The Kier molecular flexibility index (Phi) is 5.30. The topological polar surface area (TPSA) is 102 Å². The quantitative estimate of drug-likeness (QED) is 0.334. The van der Waals surface area contributed by atoms with Gasteiger partial charge in [-0.3, -0.25) is 15.0 Å². The van der Waals surface area contributed by atoms with Crippen LogP contribution in [0.2, 0.25) is 0 Å². The minimum absolute atomic E-state index is 0.339. The summed E-state index contributed by atoms with van der Waals surface area (Å²) < 4.78 is 0. The molecule has 0 amide bonds. The Bertz CT molecular complexity index is 1310. The second kappa shape index (κ2) is 8.61. The lowest BCUT2D eigenvalue weighted by atomic mass is 9.96. The predicted molar refractivity (Wildman–Crippen MR) is 133 cm³/mol. The van der Waals surface area contributed by atoms with Crippen LogP contribution in [0.3, 0.4) is 0 Å². The molecular formula is C26H29N7O. The number of aromatic nitrogens is 4. The van der Waals surface area contributed by atoms with E-state index in [4.69, 9.17) is 4.98 Å². The van der Waals surface area contributed by atoms with E-state index < -0.39 is 0 Å². The van der Waals surface area contributed by atoms with Crippen LogP contribution in [0.4, 0.5) is 17.5 Å². The molecule has 0 radical (unpaired) electrons. The van der Waals surface area contributed by atoms with Gasteiger partial charge < -0.3 is 15.7 Å². The van der Waals surface area contributed by atoms with Gasteiger partial charge in [0, 0.05) is 54.1 Å². The molecule has 5 heterocycles. The van der Waals surface area contributed by atoms with E-state index in [0.717, 1.165) is 53.4 Å². The molecule has 2 aliphatic heterocycles. The Balaban J connectivity index is 1.21. The molecule has 2 saturated heterocycles. The molecule has 1 aromatic carbocycles. The number of phenolic OH excluding ortho intramolecular Hbond substituents is 1. The molecule has 6 rings (SSSR count). The molecule has 4 N–H and O–H groups in total. The summed E-state index contributed by atoms with van der Waals surface area (Å²) in [6.45, 7) is 2.87. The second-order valence-corrected chi connectivity index (χ2v) is 9.53. The average Bonchev–Trinajstić information content (AvgIpc) is 3.32. The predicted octanol–water partition coefficient (Wildman–Crippen LogP) is 4.72. The van der Waals surface area contributed by atoms with Crippen LogP contribution in [-0.4, -0.2) is 48.3 Å². The van der Waals surface area contributed by atoms with Crippen molar-refractivity contribution in [3.8, 4) is 5.75 Å². The van der Waals surface area contributed by atoms with Gasteiger partial charge in [-0.15, -0.1) is 0 Å². The van der Waals surface area contributed by atoms with Crippen LogP contribution in [0.25, 0.3) is 10.9 Å². The maximum absolute atomic E-state index is 9.85. The Morgan fingerprint density at radius 1 is 1.06 bits per heavy atom. The lowest BCUT2D eigenvalue weighted by Gasteiger charge is -2.39. The maximum Gasteiger partial charge on any atom is 0.153 e. The summed E-state index contributed by atoms with van der Waals surface area (Å²) >= 11 is 0. The van der Waals surface area contributed by atoms with Gasteiger partial charge >= 0.3 is 0 Å². The molecule has 34 heavy (non-hydrogen) atoms. The van der Waals surface area contributed by atoms with Gasteiger partial charge in [0.1, 0.15) is 17.4 Å². The molecule has 3 atom stereocenters. The van der Waals surface area contributed by atoms with Gasteiger partial charge in [0.15, 0.2) is 5.82 Å². The summed E-state index contributed by atoms with van der Waals surface area (Å²) in [6.07, 6.45) is 6.41. The third-order valence-corrected chi connectivity index (χ3v) is 7.06. The van der Waals surface area contributed by atoms with E-state index in [1.165, 1.54) is 18.4 Å². The standard InChI is InChI=1S/C26H29N7O/c1-16-10-25(32-31-16)29-24-14-23-22(6-3-9-27-23)26(30-24)28-18-12-19-7-8-20(13-18)33(19)15-17-4-2-5-21(34)11-17/h2-6,9-11,14,18-20,34H,7-8,12-13,15H2,1H3,(H3,28,29,30,31,32)/t18?,19-,20+. The third-order valence-electron chi connectivity index (χ3n) is 7.06. The third kappa shape index (κ3) is 4.17. The molecule has 4 aromatic rings. The van der Waals surface area contributed by atoms with Crippen molar-refractivity contribution < 1.29 is 5.11 Å². The monoisotopic (exact) mass is 455 g/mol.